The maximum Gasteiger partial charge on any atom is 0.182 e. The lowest BCUT2D eigenvalue weighted by Crippen LogP contribution is -2.06. The highest BCUT2D eigenvalue weighted by atomic mass is 32.2. The first kappa shape index (κ1) is 22.8. The maximum atomic E-state index is 12.9. The van der Waals surface area contributed by atoms with Gasteiger partial charge in [0.05, 0.1) is 10.6 Å². The summed E-state index contributed by atoms with van der Waals surface area (Å²) in [6.45, 7) is 0. The summed E-state index contributed by atoms with van der Waals surface area (Å²) in [5.41, 5.74) is 3.92. The minimum absolute atomic E-state index is 0.133. The fourth-order valence-electron chi connectivity index (χ4n) is 3.37. The first-order valence-electron chi connectivity index (χ1n) is 10.6. The number of carbonyl (C=O) groups excluding carboxylic acids is 1. The van der Waals surface area contributed by atoms with Gasteiger partial charge in [-0.25, -0.2) is 8.42 Å². The highest BCUT2D eigenvalue weighted by Gasteiger charge is 2.16. The lowest BCUT2D eigenvalue weighted by atomic mass is 10.0. The second-order valence-electron chi connectivity index (χ2n) is 7.48. The van der Waals surface area contributed by atoms with Crippen molar-refractivity contribution in [3.63, 3.8) is 0 Å². The van der Waals surface area contributed by atoms with Crippen LogP contribution in [-0.4, -0.2) is 14.7 Å². The Kier molecular flexibility index (Phi) is 7.04. The van der Waals surface area contributed by atoms with E-state index < -0.39 is 9.84 Å². The molecule has 4 heteroatoms. The molecule has 0 N–H and O–H groups in total. The molecule has 164 valence electrons. The molecule has 4 rings (SSSR count). The SMILES string of the molecule is O=Cc1ccccc1C#Cc1ccccc1C#Cc1ccccc1CS(=O)(=O)c1ccccc1. The Morgan fingerprint density at radius 1 is 0.559 bits per heavy atom. The molecule has 0 amide bonds. The molecule has 4 aromatic rings. The van der Waals surface area contributed by atoms with Crippen LogP contribution in [0, 0.1) is 23.7 Å². The van der Waals surface area contributed by atoms with E-state index in [0.29, 0.717) is 22.3 Å². The van der Waals surface area contributed by atoms with Crippen LogP contribution in [-0.2, 0) is 15.6 Å². The van der Waals surface area contributed by atoms with Crippen LogP contribution < -0.4 is 0 Å². The molecule has 0 saturated heterocycles. The van der Waals surface area contributed by atoms with E-state index in [1.54, 1.807) is 54.6 Å². The third-order valence-electron chi connectivity index (χ3n) is 5.14. The van der Waals surface area contributed by atoms with Crippen molar-refractivity contribution < 1.29 is 13.2 Å². The van der Waals surface area contributed by atoms with Crippen LogP contribution in [0.15, 0.2) is 108 Å². The molecule has 0 radical (unpaired) electrons. The quantitative estimate of drug-likeness (QED) is 0.308. The molecule has 0 atom stereocenters. The number of hydrogen-bond acceptors (Lipinski definition) is 3. The molecule has 0 fully saturated rings. The van der Waals surface area contributed by atoms with E-state index in [0.717, 1.165) is 17.4 Å². The Morgan fingerprint density at radius 2 is 1.03 bits per heavy atom. The maximum absolute atomic E-state index is 12.9. The second kappa shape index (κ2) is 10.5. The van der Waals surface area contributed by atoms with Crippen molar-refractivity contribution in [2.24, 2.45) is 0 Å². The molecular formula is C30H20O3S. The molecule has 0 aliphatic carbocycles. The molecule has 0 bridgehead atoms. The number of rotatable bonds is 4. The summed E-state index contributed by atoms with van der Waals surface area (Å²) in [7, 11) is -3.49. The van der Waals surface area contributed by atoms with Crippen molar-refractivity contribution in [3.8, 4) is 23.7 Å². The summed E-state index contributed by atoms with van der Waals surface area (Å²) < 4.78 is 25.7. The van der Waals surface area contributed by atoms with Gasteiger partial charge in [-0.15, -0.1) is 0 Å². The average Bonchev–Trinajstić information content (AvgIpc) is 2.88. The highest BCUT2D eigenvalue weighted by Crippen LogP contribution is 2.19. The molecule has 34 heavy (non-hydrogen) atoms. The van der Waals surface area contributed by atoms with Gasteiger partial charge in [-0.1, -0.05) is 90.4 Å². The molecule has 0 aliphatic heterocycles. The predicted molar refractivity (Wildman–Crippen MR) is 134 cm³/mol. The van der Waals surface area contributed by atoms with Crippen molar-refractivity contribution in [1.82, 2.24) is 0 Å². The fourth-order valence-corrected chi connectivity index (χ4v) is 4.77. The predicted octanol–water partition coefficient (Wildman–Crippen LogP) is 5.27. The number of aldehydes is 1. The third kappa shape index (κ3) is 5.51. The van der Waals surface area contributed by atoms with Gasteiger partial charge in [0, 0.05) is 27.8 Å². The molecule has 0 unspecified atom stereocenters. The lowest BCUT2D eigenvalue weighted by Gasteiger charge is -2.06. The smallest absolute Gasteiger partial charge is 0.182 e. The van der Waals surface area contributed by atoms with E-state index in [1.165, 1.54) is 0 Å². The van der Waals surface area contributed by atoms with Gasteiger partial charge >= 0.3 is 0 Å². The van der Waals surface area contributed by atoms with Crippen LogP contribution in [0.3, 0.4) is 0 Å². The molecule has 0 saturated carbocycles. The van der Waals surface area contributed by atoms with Gasteiger partial charge in [0.25, 0.3) is 0 Å². The first-order valence-corrected chi connectivity index (χ1v) is 12.2. The van der Waals surface area contributed by atoms with Gasteiger partial charge in [0.1, 0.15) is 0 Å². The number of benzene rings is 4. The van der Waals surface area contributed by atoms with Gasteiger partial charge in [0.15, 0.2) is 16.1 Å². The van der Waals surface area contributed by atoms with Crippen LogP contribution in [0.4, 0.5) is 0 Å². The Bertz CT molecular complexity index is 1560. The Balaban J connectivity index is 1.66. The van der Waals surface area contributed by atoms with Crippen molar-refractivity contribution in [2.45, 2.75) is 10.6 Å². The van der Waals surface area contributed by atoms with Crippen LogP contribution in [0.2, 0.25) is 0 Å². The summed E-state index contributed by atoms with van der Waals surface area (Å²) in [5.74, 6) is 12.3. The largest absolute Gasteiger partial charge is 0.298 e. The minimum atomic E-state index is -3.49. The molecule has 0 aromatic heterocycles. The van der Waals surface area contributed by atoms with Gasteiger partial charge < -0.3 is 0 Å². The first-order chi connectivity index (χ1) is 16.6. The van der Waals surface area contributed by atoms with E-state index in [9.17, 15) is 13.2 Å². The molecule has 3 nitrogen and oxygen atoms in total. The number of sulfone groups is 1. The van der Waals surface area contributed by atoms with E-state index in [2.05, 4.69) is 23.7 Å². The summed E-state index contributed by atoms with van der Waals surface area (Å²) in [5, 5.41) is 0. The minimum Gasteiger partial charge on any atom is -0.298 e. The Morgan fingerprint density at radius 3 is 1.68 bits per heavy atom. The molecular weight excluding hydrogens is 440 g/mol. The van der Waals surface area contributed by atoms with E-state index >= 15 is 0 Å². The standard InChI is InChI=1S/C30H20O3S/c31-22-28-14-8-6-12-26(28)20-18-24-10-4-5-11-25(24)19-21-27-13-7-9-15-29(27)23-34(32,33)30-16-2-1-3-17-30/h1-17,22H,23H2. The van der Waals surface area contributed by atoms with Gasteiger partial charge in [-0.05, 0) is 42.0 Å². The van der Waals surface area contributed by atoms with E-state index in [4.69, 9.17) is 0 Å². The van der Waals surface area contributed by atoms with Crippen molar-refractivity contribution in [1.29, 1.82) is 0 Å². The number of hydrogen-bond donors (Lipinski definition) is 0. The van der Waals surface area contributed by atoms with Crippen molar-refractivity contribution >= 4 is 16.1 Å². The van der Waals surface area contributed by atoms with Gasteiger partial charge in [-0.2, -0.15) is 0 Å². The summed E-state index contributed by atoms with van der Waals surface area (Å²) >= 11 is 0. The molecule has 0 heterocycles. The van der Waals surface area contributed by atoms with E-state index in [-0.39, 0.29) is 10.6 Å². The van der Waals surface area contributed by atoms with Crippen molar-refractivity contribution in [2.75, 3.05) is 0 Å². The fraction of sp³-hybridized carbons (Fsp3) is 0.0333. The van der Waals surface area contributed by atoms with Gasteiger partial charge in [-0.3, -0.25) is 4.79 Å². The monoisotopic (exact) mass is 460 g/mol. The van der Waals surface area contributed by atoms with Crippen molar-refractivity contribution in [3.05, 3.63) is 137 Å². The van der Waals surface area contributed by atoms with E-state index in [1.807, 2.05) is 48.5 Å². The molecule has 0 spiro atoms. The van der Waals surface area contributed by atoms with Crippen LogP contribution in [0.5, 0.6) is 0 Å². The number of carbonyl (C=O) groups is 1. The zero-order valence-electron chi connectivity index (χ0n) is 18.2. The van der Waals surface area contributed by atoms with Crippen LogP contribution in [0.25, 0.3) is 0 Å². The zero-order valence-corrected chi connectivity index (χ0v) is 19.0. The van der Waals surface area contributed by atoms with Crippen LogP contribution >= 0.6 is 0 Å². The van der Waals surface area contributed by atoms with Crippen LogP contribution in [0.1, 0.15) is 38.2 Å². The normalized spacial score (nSPS) is 10.4. The molecule has 4 aromatic carbocycles. The summed E-state index contributed by atoms with van der Waals surface area (Å²) in [6, 6.07) is 30.3. The van der Waals surface area contributed by atoms with Gasteiger partial charge in [0.2, 0.25) is 0 Å². The Hall–Kier alpha value is -4.38. The lowest BCUT2D eigenvalue weighted by molar-refractivity contribution is 0.112. The summed E-state index contributed by atoms with van der Waals surface area (Å²) in [4.78, 5) is 11.5. The zero-order chi connectivity index (χ0) is 23.8. The Labute approximate surface area is 200 Å². The average molecular weight is 461 g/mol. The topological polar surface area (TPSA) is 51.2 Å². The second-order valence-corrected chi connectivity index (χ2v) is 9.47. The highest BCUT2D eigenvalue weighted by molar-refractivity contribution is 7.90. The molecule has 0 aliphatic rings. The third-order valence-corrected chi connectivity index (χ3v) is 6.83. The summed E-state index contributed by atoms with van der Waals surface area (Å²) in [6.07, 6.45) is 0.788.